The number of hydrogen-bond donors (Lipinski definition) is 2. The van der Waals surface area contributed by atoms with Crippen LogP contribution in [0.1, 0.15) is 36.6 Å². The second kappa shape index (κ2) is 10.5. The van der Waals surface area contributed by atoms with Crippen LogP contribution in [0.25, 0.3) is 0 Å². The number of likely N-dealkylation sites (N-methyl/N-ethyl adjacent to an activating group) is 1. The Labute approximate surface area is 173 Å². The summed E-state index contributed by atoms with van der Waals surface area (Å²) in [5.41, 5.74) is 10.9. The molecule has 0 fully saturated rings. The van der Waals surface area contributed by atoms with Crippen LogP contribution in [0.15, 0.2) is 35.6 Å². The molecule has 0 saturated carbocycles. The molecule has 0 aliphatic rings. The maximum atomic E-state index is 6.18. The molecular formula is C19H31IN6. The molecule has 0 amide bonds. The van der Waals surface area contributed by atoms with E-state index in [4.69, 9.17) is 5.73 Å². The van der Waals surface area contributed by atoms with E-state index in [1.54, 1.807) is 0 Å². The molecule has 0 aliphatic carbocycles. The van der Waals surface area contributed by atoms with Crippen molar-refractivity contribution in [2.24, 2.45) is 17.8 Å². The number of hydrogen-bond acceptors (Lipinski definition) is 3. The number of nitrogens with two attached hydrogens (primary N) is 1. The normalized spacial score (nSPS) is 12.8. The largest absolute Gasteiger partial charge is 0.370 e. The highest BCUT2D eigenvalue weighted by molar-refractivity contribution is 14.0. The number of para-hydroxylation sites is 1. The predicted molar refractivity (Wildman–Crippen MR) is 120 cm³/mol. The van der Waals surface area contributed by atoms with Gasteiger partial charge in [-0.05, 0) is 38.1 Å². The maximum Gasteiger partial charge on any atom is 0.193 e. The Balaban J connectivity index is 0.00000338. The van der Waals surface area contributed by atoms with Crippen LogP contribution in [0.2, 0.25) is 0 Å². The summed E-state index contributed by atoms with van der Waals surface area (Å²) >= 11 is 0. The average Bonchev–Trinajstić information content (AvgIpc) is 3.01. The highest BCUT2D eigenvalue weighted by Crippen LogP contribution is 2.22. The van der Waals surface area contributed by atoms with E-state index < -0.39 is 0 Å². The summed E-state index contributed by atoms with van der Waals surface area (Å²) in [6.07, 6.45) is 5.82. The third-order valence-electron chi connectivity index (χ3n) is 4.42. The van der Waals surface area contributed by atoms with Crippen molar-refractivity contribution in [1.82, 2.24) is 14.7 Å². The van der Waals surface area contributed by atoms with Crippen molar-refractivity contribution in [1.29, 1.82) is 0 Å². The number of anilines is 1. The summed E-state index contributed by atoms with van der Waals surface area (Å²) < 4.78 is 1.81. The summed E-state index contributed by atoms with van der Waals surface area (Å²) in [5.74, 6) is 0.450. The molecule has 1 unspecified atom stereocenters. The number of benzene rings is 1. The van der Waals surface area contributed by atoms with Crippen LogP contribution in [0.3, 0.4) is 0 Å². The van der Waals surface area contributed by atoms with E-state index in [1.165, 1.54) is 11.1 Å². The van der Waals surface area contributed by atoms with Gasteiger partial charge in [0.15, 0.2) is 5.96 Å². The van der Waals surface area contributed by atoms with Crippen LogP contribution in [-0.4, -0.2) is 41.3 Å². The lowest BCUT2D eigenvalue weighted by Crippen LogP contribution is -2.28. The Bertz CT molecular complexity index is 700. The van der Waals surface area contributed by atoms with E-state index in [0.29, 0.717) is 12.5 Å². The zero-order valence-corrected chi connectivity index (χ0v) is 18.7. The molecule has 6 nitrogen and oxygen atoms in total. The summed E-state index contributed by atoms with van der Waals surface area (Å²) in [7, 11) is 6.00. The number of aliphatic imine (C=N–C) groups is 1. The number of halogens is 1. The van der Waals surface area contributed by atoms with E-state index in [-0.39, 0.29) is 30.0 Å². The lowest BCUT2D eigenvalue weighted by atomic mass is 10.0. The predicted octanol–water partition coefficient (Wildman–Crippen LogP) is 3.19. The molecule has 3 N–H and O–H groups in total. The summed E-state index contributed by atoms with van der Waals surface area (Å²) in [5, 5.41) is 7.58. The van der Waals surface area contributed by atoms with Gasteiger partial charge in [0.25, 0.3) is 0 Å². The first-order valence-corrected chi connectivity index (χ1v) is 8.78. The van der Waals surface area contributed by atoms with E-state index in [1.807, 2.05) is 38.2 Å². The lowest BCUT2D eigenvalue weighted by molar-refractivity contribution is 0.306. The summed E-state index contributed by atoms with van der Waals surface area (Å²) in [6, 6.07) is 6.50. The van der Waals surface area contributed by atoms with Crippen LogP contribution in [0.5, 0.6) is 0 Å². The van der Waals surface area contributed by atoms with Gasteiger partial charge in [0.1, 0.15) is 0 Å². The van der Waals surface area contributed by atoms with Crippen molar-refractivity contribution in [3.8, 4) is 0 Å². The minimum absolute atomic E-state index is 0. The van der Waals surface area contributed by atoms with Crippen LogP contribution < -0.4 is 11.1 Å². The molecular weight excluding hydrogens is 439 g/mol. The summed E-state index contributed by atoms with van der Waals surface area (Å²) in [6.45, 7) is 4.88. The fraction of sp³-hybridized carbons (Fsp3) is 0.474. The van der Waals surface area contributed by atoms with Crippen molar-refractivity contribution in [2.75, 3.05) is 26.0 Å². The standard InChI is InChI=1S/C19H30N6.HI/c1-6-14-9-8-10-15(7-2)18(14)23-19(20)21-12-17(24(3)4)16-11-22-25(5)13-16;/h8-11,13,17H,6-7,12H2,1-5H3,(H3,20,21,23);1H. The minimum Gasteiger partial charge on any atom is -0.370 e. The number of aromatic nitrogens is 2. The smallest absolute Gasteiger partial charge is 0.193 e. The van der Waals surface area contributed by atoms with Gasteiger partial charge in [0.2, 0.25) is 0 Å². The topological polar surface area (TPSA) is 71.5 Å². The first kappa shape index (κ1) is 22.4. The monoisotopic (exact) mass is 470 g/mol. The number of nitrogens with zero attached hydrogens (tertiary/aromatic N) is 4. The molecule has 0 aliphatic heterocycles. The molecule has 1 atom stereocenters. The van der Waals surface area contributed by atoms with Crippen molar-refractivity contribution in [3.05, 3.63) is 47.3 Å². The van der Waals surface area contributed by atoms with Crippen molar-refractivity contribution in [2.45, 2.75) is 32.7 Å². The Morgan fingerprint density at radius 3 is 2.35 bits per heavy atom. The molecule has 1 aromatic heterocycles. The molecule has 1 aromatic carbocycles. The highest BCUT2D eigenvalue weighted by Gasteiger charge is 2.16. The maximum absolute atomic E-state index is 6.18. The van der Waals surface area contributed by atoms with E-state index in [2.05, 4.69) is 52.4 Å². The molecule has 0 saturated heterocycles. The SMILES string of the molecule is CCc1cccc(CC)c1NC(N)=NCC(c1cnn(C)c1)N(C)C.I. The lowest BCUT2D eigenvalue weighted by Gasteiger charge is -2.22. The Morgan fingerprint density at radius 1 is 1.27 bits per heavy atom. The molecule has 0 radical (unpaired) electrons. The molecule has 0 bridgehead atoms. The van der Waals surface area contributed by atoms with Crippen LogP contribution >= 0.6 is 24.0 Å². The fourth-order valence-corrected chi connectivity index (χ4v) is 2.93. The average molecular weight is 470 g/mol. The van der Waals surface area contributed by atoms with Gasteiger partial charge in [-0.1, -0.05) is 32.0 Å². The van der Waals surface area contributed by atoms with E-state index in [0.717, 1.165) is 24.1 Å². The molecule has 0 spiro atoms. The van der Waals surface area contributed by atoms with Crippen molar-refractivity contribution in [3.63, 3.8) is 0 Å². The van der Waals surface area contributed by atoms with Gasteiger partial charge < -0.3 is 16.0 Å². The van der Waals surface area contributed by atoms with Crippen LogP contribution in [0.4, 0.5) is 5.69 Å². The van der Waals surface area contributed by atoms with E-state index >= 15 is 0 Å². The zero-order chi connectivity index (χ0) is 18.4. The quantitative estimate of drug-likeness (QED) is 0.371. The molecule has 144 valence electrons. The first-order chi connectivity index (χ1) is 12.0. The number of guanidine groups is 1. The summed E-state index contributed by atoms with van der Waals surface area (Å²) in [4.78, 5) is 6.71. The van der Waals surface area contributed by atoms with Crippen LogP contribution in [0, 0.1) is 0 Å². The Kier molecular flexibility index (Phi) is 9.07. The molecule has 7 heteroatoms. The first-order valence-electron chi connectivity index (χ1n) is 8.78. The second-order valence-corrected chi connectivity index (χ2v) is 6.44. The van der Waals surface area contributed by atoms with Crippen molar-refractivity contribution < 1.29 is 0 Å². The number of aryl methyl sites for hydroxylation is 3. The zero-order valence-electron chi connectivity index (χ0n) is 16.4. The van der Waals surface area contributed by atoms with Gasteiger partial charge in [0.05, 0.1) is 18.8 Å². The van der Waals surface area contributed by atoms with Gasteiger partial charge in [-0.3, -0.25) is 9.67 Å². The van der Waals surface area contributed by atoms with Crippen LogP contribution in [-0.2, 0) is 19.9 Å². The fourth-order valence-electron chi connectivity index (χ4n) is 2.93. The third kappa shape index (κ3) is 5.70. The van der Waals surface area contributed by atoms with Gasteiger partial charge in [-0.2, -0.15) is 5.10 Å². The van der Waals surface area contributed by atoms with Gasteiger partial charge in [0, 0.05) is 24.5 Å². The number of nitrogens with one attached hydrogen (secondary N) is 1. The molecule has 26 heavy (non-hydrogen) atoms. The van der Waals surface area contributed by atoms with Gasteiger partial charge >= 0.3 is 0 Å². The van der Waals surface area contributed by atoms with Gasteiger partial charge in [-0.25, -0.2) is 0 Å². The van der Waals surface area contributed by atoms with Gasteiger partial charge in [-0.15, -0.1) is 24.0 Å². The number of rotatable bonds is 7. The van der Waals surface area contributed by atoms with Crippen molar-refractivity contribution >= 4 is 35.6 Å². The second-order valence-electron chi connectivity index (χ2n) is 6.44. The highest BCUT2D eigenvalue weighted by atomic mass is 127. The molecule has 2 aromatic rings. The molecule has 1 heterocycles. The Hall–Kier alpha value is -1.61. The molecule has 2 rings (SSSR count). The third-order valence-corrected chi connectivity index (χ3v) is 4.42. The van der Waals surface area contributed by atoms with E-state index in [9.17, 15) is 0 Å². The Morgan fingerprint density at radius 2 is 1.88 bits per heavy atom. The minimum atomic E-state index is 0.